The van der Waals surface area contributed by atoms with E-state index in [-0.39, 0.29) is 16.3 Å². The lowest BCUT2D eigenvalue weighted by Gasteiger charge is -2.30. The summed E-state index contributed by atoms with van der Waals surface area (Å²) in [5.74, 6) is -1.56. The Morgan fingerprint density at radius 1 is 1.33 bits per heavy atom. The van der Waals surface area contributed by atoms with Gasteiger partial charge in [0.25, 0.3) is 11.7 Å². The number of nitrogens with zero attached hydrogens (tertiary/aromatic N) is 1. The van der Waals surface area contributed by atoms with E-state index in [1.807, 2.05) is 0 Å². The molecule has 1 saturated carbocycles. The van der Waals surface area contributed by atoms with E-state index in [0.29, 0.717) is 12.5 Å². The molecule has 18 heavy (non-hydrogen) atoms. The van der Waals surface area contributed by atoms with Crippen LogP contribution in [0.25, 0.3) is 0 Å². The summed E-state index contributed by atoms with van der Waals surface area (Å²) in [5.41, 5.74) is 0.0744. The van der Waals surface area contributed by atoms with Gasteiger partial charge in [-0.15, -0.1) is 0 Å². The molecular formula is C13H11ClFNO2. The molecule has 1 aliphatic carbocycles. The van der Waals surface area contributed by atoms with Gasteiger partial charge in [-0.05, 0) is 30.9 Å². The summed E-state index contributed by atoms with van der Waals surface area (Å²) in [6, 6.07) is 2.51. The molecule has 3 nitrogen and oxygen atoms in total. The fraction of sp³-hybridized carbons (Fsp3) is 0.385. The van der Waals surface area contributed by atoms with Gasteiger partial charge in [-0.3, -0.25) is 9.59 Å². The van der Waals surface area contributed by atoms with Gasteiger partial charge in [0, 0.05) is 6.54 Å². The molecular weight excluding hydrogens is 257 g/mol. The first-order chi connectivity index (χ1) is 8.59. The third-order valence-electron chi connectivity index (χ3n) is 3.68. The van der Waals surface area contributed by atoms with Crippen LogP contribution in [0.5, 0.6) is 0 Å². The third-order valence-corrected chi connectivity index (χ3v) is 3.99. The maximum atomic E-state index is 13.8. The van der Waals surface area contributed by atoms with Gasteiger partial charge in [0.2, 0.25) is 0 Å². The van der Waals surface area contributed by atoms with Crippen LogP contribution < -0.4 is 4.90 Å². The first-order valence-corrected chi connectivity index (χ1v) is 6.31. The maximum Gasteiger partial charge on any atom is 0.299 e. The average Bonchev–Trinajstić information content (AvgIpc) is 2.54. The number of rotatable bonds is 2. The van der Waals surface area contributed by atoms with Crippen molar-refractivity contribution in [1.82, 2.24) is 0 Å². The Morgan fingerprint density at radius 2 is 2.06 bits per heavy atom. The Labute approximate surface area is 109 Å². The predicted molar refractivity (Wildman–Crippen MR) is 65.4 cm³/mol. The lowest BCUT2D eigenvalue weighted by Crippen LogP contribution is -2.36. The topological polar surface area (TPSA) is 37.4 Å². The summed E-state index contributed by atoms with van der Waals surface area (Å²) in [6.07, 6.45) is 3.18. The smallest absolute Gasteiger partial charge is 0.299 e. The normalized spacial score (nSPS) is 19.1. The molecule has 1 aromatic carbocycles. The summed E-state index contributed by atoms with van der Waals surface area (Å²) in [5, 5.41) is 0.140. The van der Waals surface area contributed by atoms with Crippen LogP contribution in [-0.4, -0.2) is 18.2 Å². The van der Waals surface area contributed by atoms with Crippen LogP contribution in [0.3, 0.4) is 0 Å². The van der Waals surface area contributed by atoms with Crippen molar-refractivity contribution in [1.29, 1.82) is 0 Å². The van der Waals surface area contributed by atoms with E-state index < -0.39 is 17.5 Å². The lowest BCUT2D eigenvalue weighted by atomic mass is 9.85. The fourth-order valence-electron chi connectivity index (χ4n) is 2.46. The number of carbonyl (C=O) groups excluding carboxylic acids is 2. The number of anilines is 1. The number of hydrogen-bond donors (Lipinski definition) is 0. The zero-order valence-electron chi connectivity index (χ0n) is 9.58. The van der Waals surface area contributed by atoms with Gasteiger partial charge in [-0.25, -0.2) is 4.39 Å². The number of halogens is 2. The molecule has 0 bridgehead atoms. The van der Waals surface area contributed by atoms with Crippen molar-refractivity contribution in [2.75, 3.05) is 11.4 Å². The minimum atomic E-state index is -0.700. The van der Waals surface area contributed by atoms with Gasteiger partial charge in [0.15, 0.2) is 0 Å². The fourth-order valence-corrected chi connectivity index (χ4v) is 2.70. The van der Waals surface area contributed by atoms with Crippen LogP contribution in [0.2, 0.25) is 5.02 Å². The summed E-state index contributed by atoms with van der Waals surface area (Å²) in [6.45, 7) is 0.412. The molecule has 1 fully saturated rings. The number of ketones is 1. The number of carbonyl (C=O) groups is 2. The Bertz CT molecular complexity index is 554. The minimum Gasteiger partial charge on any atom is -0.302 e. The molecule has 0 atom stereocenters. The standard InChI is InChI=1S/C13H11ClFNO2/c14-8-4-5-9(15)11-10(8)12(17)13(18)16(11)6-7-2-1-3-7/h4-5,7H,1-3,6H2. The summed E-state index contributed by atoms with van der Waals surface area (Å²) in [4.78, 5) is 25.0. The molecule has 0 radical (unpaired) electrons. The molecule has 1 amide bonds. The van der Waals surface area contributed by atoms with Crippen molar-refractivity contribution < 1.29 is 14.0 Å². The molecule has 0 N–H and O–H groups in total. The van der Waals surface area contributed by atoms with Crippen molar-refractivity contribution in [2.24, 2.45) is 5.92 Å². The van der Waals surface area contributed by atoms with Crippen LogP contribution in [0.4, 0.5) is 10.1 Å². The molecule has 1 heterocycles. The van der Waals surface area contributed by atoms with E-state index in [9.17, 15) is 14.0 Å². The summed E-state index contributed by atoms with van der Waals surface area (Å²) in [7, 11) is 0. The highest BCUT2D eigenvalue weighted by Crippen LogP contribution is 2.38. The number of benzene rings is 1. The molecule has 1 aromatic rings. The van der Waals surface area contributed by atoms with Gasteiger partial charge in [0.1, 0.15) is 5.82 Å². The first-order valence-electron chi connectivity index (χ1n) is 5.94. The van der Waals surface area contributed by atoms with E-state index in [2.05, 4.69) is 0 Å². The number of amides is 1. The highest BCUT2D eigenvalue weighted by Gasteiger charge is 2.41. The Balaban J connectivity index is 2.05. The molecule has 94 valence electrons. The van der Waals surface area contributed by atoms with Gasteiger partial charge in [-0.1, -0.05) is 18.0 Å². The molecule has 3 rings (SSSR count). The Kier molecular flexibility index (Phi) is 2.63. The second-order valence-electron chi connectivity index (χ2n) is 4.79. The molecule has 0 aromatic heterocycles. The van der Waals surface area contributed by atoms with E-state index in [4.69, 9.17) is 11.6 Å². The van der Waals surface area contributed by atoms with Gasteiger partial charge in [-0.2, -0.15) is 0 Å². The van der Waals surface area contributed by atoms with Crippen LogP contribution in [0, 0.1) is 11.7 Å². The highest BCUT2D eigenvalue weighted by atomic mass is 35.5. The van der Waals surface area contributed by atoms with Gasteiger partial charge >= 0.3 is 0 Å². The van der Waals surface area contributed by atoms with Crippen molar-refractivity contribution >= 4 is 29.0 Å². The van der Waals surface area contributed by atoms with Crippen molar-refractivity contribution in [3.8, 4) is 0 Å². The van der Waals surface area contributed by atoms with Crippen LogP contribution in [0.1, 0.15) is 29.6 Å². The van der Waals surface area contributed by atoms with Gasteiger partial charge < -0.3 is 4.90 Å². The van der Waals surface area contributed by atoms with Crippen molar-refractivity contribution in [3.05, 3.63) is 28.5 Å². The van der Waals surface area contributed by atoms with E-state index in [1.54, 1.807) is 0 Å². The maximum absolute atomic E-state index is 13.8. The zero-order valence-corrected chi connectivity index (χ0v) is 10.3. The predicted octanol–water partition coefficient (Wildman–Crippen LogP) is 2.81. The SMILES string of the molecule is O=C1C(=O)N(CC2CCC2)c2c(F)ccc(Cl)c21. The van der Waals surface area contributed by atoms with E-state index in [1.165, 1.54) is 17.0 Å². The quantitative estimate of drug-likeness (QED) is 0.773. The molecule has 0 saturated heterocycles. The second-order valence-corrected chi connectivity index (χ2v) is 5.20. The molecule has 5 heteroatoms. The Morgan fingerprint density at radius 3 is 2.67 bits per heavy atom. The van der Waals surface area contributed by atoms with Crippen LogP contribution in [0.15, 0.2) is 12.1 Å². The van der Waals surface area contributed by atoms with E-state index in [0.717, 1.165) is 19.3 Å². The summed E-state index contributed by atoms with van der Waals surface area (Å²) >= 11 is 5.89. The van der Waals surface area contributed by atoms with E-state index >= 15 is 0 Å². The first kappa shape index (κ1) is 11.7. The number of Topliss-reactive ketones (excluding diaryl/α,β-unsaturated/α-hetero) is 1. The zero-order chi connectivity index (χ0) is 12.9. The molecule has 1 aliphatic heterocycles. The van der Waals surface area contributed by atoms with Gasteiger partial charge in [0.05, 0.1) is 16.3 Å². The molecule has 0 unspecified atom stereocenters. The average molecular weight is 268 g/mol. The Hall–Kier alpha value is -1.42. The molecule has 0 spiro atoms. The van der Waals surface area contributed by atoms with Crippen LogP contribution >= 0.6 is 11.6 Å². The highest BCUT2D eigenvalue weighted by molar-refractivity contribution is 6.55. The van der Waals surface area contributed by atoms with Crippen molar-refractivity contribution in [2.45, 2.75) is 19.3 Å². The number of hydrogen-bond acceptors (Lipinski definition) is 2. The monoisotopic (exact) mass is 267 g/mol. The second kappa shape index (κ2) is 4.05. The largest absolute Gasteiger partial charge is 0.302 e. The number of fused-ring (bicyclic) bond motifs is 1. The molecule has 2 aliphatic rings. The van der Waals surface area contributed by atoms with Crippen LogP contribution in [-0.2, 0) is 4.79 Å². The van der Waals surface area contributed by atoms with Crippen molar-refractivity contribution in [3.63, 3.8) is 0 Å². The summed E-state index contributed by atoms with van der Waals surface area (Å²) < 4.78 is 13.8. The third kappa shape index (κ3) is 1.56. The lowest BCUT2D eigenvalue weighted by molar-refractivity contribution is -0.114. The minimum absolute atomic E-state index is 0.0148.